The van der Waals surface area contributed by atoms with E-state index >= 15 is 0 Å². The Morgan fingerprint density at radius 2 is 1.70 bits per heavy atom. The maximum atomic E-state index is 12.3. The number of fused-ring (bicyclic) bond motifs is 1. The molecule has 162 valence electrons. The van der Waals surface area contributed by atoms with E-state index in [0.29, 0.717) is 24.7 Å². The van der Waals surface area contributed by atoms with Crippen molar-refractivity contribution in [1.82, 2.24) is 10.2 Å². The molecular formula is C22H30N4O4. The lowest BCUT2D eigenvalue weighted by Crippen LogP contribution is -2.47. The van der Waals surface area contributed by atoms with Gasteiger partial charge in [-0.25, -0.2) is 4.79 Å². The molecule has 4 rings (SSSR count). The number of anilines is 2. The molecule has 0 radical (unpaired) electrons. The van der Waals surface area contributed by atoms with Crippen molar-refractivity contribution in [2.75, 3.05) is 36.4 Å². The number of nitrogens with one attached hydrogen (secondary N) is 2. The van der Waals surface area contributed by atoms with Crippen molar-refractivity contribution in [1.29, 1.82) is 0 Å². The summed E-state index contributed by atoms with van der Waals surface area (Å²) in [6.45, 7) is 9.00. The third kappa shape index (κ3) is 4.52. The number of hydrogen-bond donors (Lipinski definition) is 2. The van der Waals surface area contributed by atoms with Gasteiger partial charge in [0.25, 0.3) is 0 Å². The molecule has 3 amide bonds. The van der Waals surface area contributed by atoms with Crippen LogP contribution in [-0.2, 0) is 14.3 Å². The van der Waals surface area contributed by atoms with Gasteiger partial charge >= 0.3 is 6.09 Å². The highest BCUT2D eigenvalue weighted by molar-refractivity contribution is 6.01. The summed E-state index contributed by atoms with van der Waals surface area (Å²) in [4.78, 5) is 39.7. The Balaban J connectivity index is 1.30. The summed E-state index contributed by atoms with van der Waals surface area (Å²) in [6, 6.07) is 7.68. The zero-order valence-corrected chi connectivity index (χ0v) is 17.8. The van der Waals surface area contributed by atoms with E-state index in [4.69, 9.17) is 4.74 Å². The first-order valence-corrected chi connectivity index (χ1v) is 10.6. The highest BCUT2D eigenvalue weighted by Crippen LogP contribution is 2.35. The fourth-order valence-electron chi connectivity index (χ4n) is 4.48. The standard InChI is InChI=1S/C22H30N4O4/c1-22(2,3)30-21(29)26-12-14-10-25(11-15(14)13-26)17-6-4-16(5-7-17)23-18-8-9-19(27)24-20(18)28/h4-7,14-15,18,23H,8-13H2,1-3H3,(H,24,27,28). The predicted molar refractivity (Wildman–Crippen MR) is 113 cm³/mol. The van der Waals surface area contributed by atoms with Gasteiger partial charge in [-0.05, 0) is 51.5 Å². The van der Waals surface area contributed by atoms with Crippen molar-refractivity contribution < 1.29 is 19.1 Å². The van der Waals surface area contributed by atoms with E-state index in [1.165, 1.54) is 0 Å². The minimum Gasteiger partial charge on any atom is -0.444 e. The number of carbonyl (C=O) groups excluding carboxylic acids is 3. The van der Waals surface area contributed by atoms with Gasteiger partial charge in [0.1, 0.15) is 11.6 Å². The number of carbonyl (C=O) groups is 3. The van der Waals surface area contributed by atoms with E-state index < -0.39 is 5.60 Å². The number of likely N-dealkylation sites (tertiary alicyclic amines) is 1. The van der Waals surface area contributed by atoms with Gasteiger partial charge in [-0.2, -0.15) is 0 Å². The molecule has 0 aromatic heterocycles. The fraction of sp³-hybridized carbons (Fsp3) is 0.591. The number of benzene rings is 1. The van der Waals surface area contributed by atoms with E-state index in [1.54, 1.807) is 0 Å². The highest BCUT2D eigenvalue weighted by atomic mass is 16.6. The first kappa shape index (κ1) is 20.5. The SMILES string of the molecule is CC(C)(C)OC(=O)N1CC2CN(c3ccc(NC4CCC(=O)NC4=O)cc3)CC2C1. The zero-order valence-electron chi connectivity index (χ0n) is 17.8. The third-order valence-electron chi connectivity index (χ3n) is 5.95. The molecule has 8 heteroatoms. The Labute approximate surface area is 176 Å². The maximum absolute atomic E-state index is 12.3. The molecule has 3 aliphatic heterocycles. The smallest absolute Gasteiger partial charge is 0.410 e. The van der Waals surface area contributed by atoms with Crippen LogP contribution in [0.1, 0.15) is 33.6 Å². The van der Waals surface area contributed by atoms with Crippen LogP contribution in [0.2, 0.25) is 0 Å². The van der Waals surface area contributed by atoms with Crippen molar-refractivity contribution in [3.05, 3.63) is 24.3 Å². The number of amides is 3. The molecule has 0 saturated carbocycles. The predicted octanol–water partition coefficient (Wildman–Crippen LogP) is 2.21. The van der Waals surface area contributed by atoms with Gasteiger partial charge in [0.2, 0.25) is 11.8 Å². The van der Waals surface area contributed by atoms with Crippen molar-refractivity contribution >= 4 is 29.3 Å². The van der Waals surface area contributed by atoms with Gasteiger partial charge in [0, 0.05) is 55.8 Å². The van der Waals surface area contributed by atoms with Crippen molar-refractivity contribution in [2.45, 2.75) is 45.3 Å². The Hall–Kier alpha value is -2.77. The molecule has 8 nitrogen and oxygen atoms in total. The molecule has 3 unspecified atom stereocenters. The summed E-state index contributed by atoms with van der Waals surface area (Å²) in [6.07, 6.45) is 0.654. The monoisotopic (exact) mass is 414 g/mol. The molecule has 3 aliphatic rings. The van der Waals surface area contributed by atoms with E-state index in [0.717, 1.165) is 37.6 Å². The van der Waals surface area contributed by atoms with Gasteiger partial charge in [-0.15, -0.1) is 0 Å². The Kier molecular flexibility index (Phi) is 5.34. The molecule has 1 aromatic carbocycles. The average molecular weight is 415 g/mol. The second kappa shape index (κ2) is 7.81. The van der Waals surface area contributed by atoms with Crippen LogP contribution < -0.4 is 15.5 Å². The number of rotatable bonds is 3. The lowest BCUT2D eigenvalue weighted by atomic mass is 10.0. The first-order valence-electron chi connectivity index (χ1n) is 10.6. The third-order valence-corrected chi connectivity index (χ3v) is 5.95. The lowest BCUT2D eigenvalue weighted by molar-refractivity contribution is -0.133. The maximum Gasteiger partial charge on any atom is 0.410 e. The largest absolute Gasteiger partial charge is 0.444 e. The van der Waals surface area contributed by atoms with E-state index in [-0.39, 0.29) is 23.9 Å². The van der Waals surface area contributed by atoms with Crippen LogP contribution in [0, 0.1) is 11.8 Å². The molecule has 3 fully saturated rings. The lowest BCUT2D eigenvalue weighted by Gasteiger charge is -2.27. The normalized spacial score (nSPS) is 26.4. The second-order valence-corrected chi connectivity index (χ2v) is 9.51. The summed E-state index contributed by atoms with van der Waals surface area (Å²) in [5.41, 5.74) is 1.54. The molecule has 1 aromatic rings. The van der Waals surface area contributed by atoms with E-state index in [1.807, 2.05) is 37.8 Å². The van der Waals surface area contributed by atoms with Gasteiger partial charge in [0.15, 0.2) is 0 Å². The van der Waals surface area contributed by atoms with Crippen LogP contribution >= 0.6 is 0 Å². The second-order valence-electron chi connectivity index (χ2n) is 9.51. The quantitative estimate of drug-likeness (QED) is 0.737. The molecular weight excluding hydrogens is 384 g/mol. The van der Waals surface area contributed by atoms with Crippen molar-refractivity contribution in [3.63, 3.8) is 0 Å². The zero-order chi connectivity index (χ0) is 21.5. The topological polar surface area (TPSA) is 91.0 Å². The summed E-state index contributed by atoms with van der Waals surface area (Å²) in [5.74, 6) is 0.438. The van der Waals surface area contributed by atoms with Gasteiger partial charge < -0.3 is 19.9 Å². The number of imide groups is 1. The Morgan fingerprint density at radius 1 is 1.07 bits per heavy atom. The highest BCUT2D eigenvalue weighted by Gasteiger charge is 2.42. The molecule has 0 spiro atoms. The molecule has 3 saturated heterocycles. The molecule has 0 aliphatic carbocycles. The van der Waals surface area contributed by atoms with E-state index in [9.17, 15) is 14.4 Å². The molecule has 3 atom stereocenters. The molecule has 3 heterocycles. The van der Waals surface area contributed by atoms with E-state index in [2.05, 4.69) is 27.7 Å². The number of nitrogens with zero attached hydrogens (tertiary/aromatic N) is 2. The van der Waals surface area contributed by atoms with Crippen LogP contribution in [-0.4, -0.2) is 60.6 Å². The minimum atomic E-state index is -0.468. The first-order chi connectivity index (χ1) is 14.2. The number of piperidine rings is 1. The Bertz CT molecular complexity index is 819. The summed E-state index contributed by atoms with van der Waals surface area (Å²) < 4.78 is 5.51. The average Bonchev–Trinajstić information content (AvgIpc) is 3.22. The van der Waals surface area contributed by atoms with Crippen LogP contribution in [0.4, 0.5) is 16.2 Å². The number of hydrogen-bond acceptors (Lipinski definition) is 6. The number of ether oxygens (including phenoxy) is 1. The summed E-state index contributed by atoms with van der Waals surface area (Å²) >= 11 is 0. The van der Waals surface area contributed by atoms with Gasteiger partial charge in [0.05, 0.1) is 0 Å². The molecule has 2 N–H and O–H groups in total. The van der Waals surface area contributed by atoms with Crippen molar-refractivity contribution in [2.24, 2.45) is 11.8 Å². The molecule has 0 bridgehead atoms. The van der Waals surface area contributed by atoms with Crippen LogP contribution in [0.5, 0.6) is 0 Å². The fourth-order valence-corrected chi connectivity index (χ4v) is 4.48. The Morgan fingerprint density at radius 3 is 2.27 bits per heavy atom. The van der Waals surface area contributed by atoms with Crippen LogP contribution in [0.25, 0.3) is 0 Å². The van der Waals surface area contributed by atoms with Gasteiger partial charge in [-0.3, -0.25) is 14.9 Å². The van der Waals surface area contributed by atoms with Crippen LogP contribution in [0.3, 0.4) is 0 Å². The van der Waals surface area contributed by atoms with Gasteiger partial charge in [-0.1, -0.05) is 0 Å². The van der Waals surface area contributed by atoms with Crippen LogP contribution in [0.15, 0.2) is 24.3 Å². The minimum absolute atomic E-state index is 0.210. The van der Waals surface area contributed by atoms with Crippen molar-refractivity contribution in [3.8, 4) is 0 Å². The molecule has 30 heavy (non-hydrogen) atoms. The summed E-state index contributed by atoms with van der Waals surface area (Å²) in [5, 5.41) is 5.57. The summed E-state index contributed by atoms with van der Waals surface area (Å²) in [7, 11) is 0.